The Morgan fingerprint density at radius 1 is 1.06 bits per heavy atom. The van der Waals surface area contributed by atoms with Gasteiger partial charge in [-0.15, -0.1) is 0 Å². The summed E-state index contributed by atoms with van der Waals surface area (Å²) in [6.07, 6.45) is 0.398. The van der Waals surface area contributed by atoms with Crippen LogP contribution in [0.25, 0.3) is 0 Å². The van der Waals surface area contributed by atoms with Crippen molar-refractivity contribution < 1.29 is 27.1 Å². The van der Waals surface area contributed by atoms with Crippen molar-refractivity contribution in [2.24, 2.45) is 5.92 Å². The monoisotopic (exact) mass is 491 g/mol. The number of nitrogens with zero attached hydrogens (tertiary/aromatic N) is 2. The molecule has 0 radical (unpaired) electrons. The highest BCUT2D eigenvalue weighted by molar-refractivity contribution is 7.89. The lowest BCUT2D eigenvalue weighted by Gasteiger charge is -2.35. The van der Waals surface area contributed by atoms with Gasteiger partial charge in [-0.05, 0) is 54.8 Å². The first-order chi connectivity index (χ1) is 16.1. The van der Waals surface area contributed by atoms with Crippen molar-refractivity contribution >= 4 is 27.6 Å². The van der Waals surface area contributed by atoms with E-state index >= 15 is 0 Å². The van der Waals surface area contributed by atoms with Crippen LogP contribution in [-0.4, -0.2) is 63.9 Å². The Morgan fingerprint density at radius 2 is 1.71 bits per heavy atom. The van der Waals surface area contributed by atoms with Gasteiger partial charge in [0.05, 0.1) is 12.0 Å². The van der Waals surface area contributed by atoms with Gasteiger partial charge >= 0.3 is 5.97 Å². The highest BCUT2D eigenvalue weighted by Gasteiger charge is 2.30. The summed E-state index contributed by atoms with van der Waals surface area (Å²) in [6.45, 7) is 5.28. The minimum Gasteiger partial charge on any atom is -0.467 e. The SMILES string of the molecule is COC(=O)C(CC(C)C)NC(=O)c1cccc(S(=O)(=O)N2CCN(c3ccc(F)cc3)CC2)c1. The molecule has 1 aliphatic heterocycles. The van der Waals surface area contributed by atoms with E-state index in [1.807, 2.05) is 18.7 Å². The van der Waals surface area contributed by atoms with Crippen molar-refractivity contribution in [2.45, 2.75) is 31.2 Å². The molecule has 1 heterocycles. The van der Waals surface area contributed by atoms with Crippen LogP contribution in [0.1, 0.15) is 30.6 Å². The van der Waals surface area contributed by atoms with Crippen LogP contribution in [0, 0.1) is 11.7 Å². The summed E-state index contributed by atoms with van der Waals surface area (Å²) >= 11 is 0. The lowest BCUT2D eigenvalue weighted by atomic mass is 10.0. The number of sulfonamides is 1. The van der Waals surface area contributed by atoms with Crippen LogP contribution in [0.3, 0.4) is 0 Å². The summed E-state index contributed by atoms with van der Waals surface area (Å²) in [5.41, 5.74) is 0.974. The maximum atomic E-state index is 13.2. The van der Waals surface area contributed by atoms with Crippen molar-refractivity contribution in [1.29, 1.82) is 0 Å². The highest BCUT2D eigenvalue weighted by Crippen LogP contribution is 2.22. The molecule has 10 heteroatoms. The summed E-state index contributed by atoms with van der Waals surface area (Å²) < 4.78 is 45.8. The van der Waals surface area contributed by atoms with E-state index in [1.165, 1.54) is 47.8 Å². The van der Waals surface area contributed by atoms with Crippen molar-refractivity contribution in [1.82, 2.24) is 9.62 Å². The number of benzene rings is 2. The molecule has 0 saturated carbocycles. The Bertz CT molecular complexity index is 1110. The number of carbonyl (C=O) groups is 2. The molecule has 1 saturated heterocycles. The Hall–Kier alpha value is -2.98. The van der Waals surface area contributed by atoms with Crippen molar-refractivity contribution in [3.63, 3.8) is 0 Å². The molecule has 1 unspecified atom stereocenters. The molecule has 0 spiro atoms. The quantitative estimate of drug-likeness (QED) is 0.571. The van der Waals surface area contributed by atoms with E-state index < -0.39 is 27.9 Å². The van der Waals surface area contributed by atoms with Crippen molar-refractivity contribution in [2.75, 3.05) is 38.2 Å². The average molecular weight is 492 g/mol. The van der Waals surface area contributed by atoms with Gasteiger partial charge in [0.2, 0.25) is 10.0 Å². The molecule has 1 amide bonds. The second-order valence-electron chi connectivity index (χ2n) is 8.57. The molecule has 2 aromatic rings. The van der Waals surface area contributed by atoms with Crippen molar-refractivity contribution in [3.8, 4) is 0 Å². The van der Waals surface area contributed by atoms with E-state index in [2.05, 4.69) is 5.32 Å². The maximum absolute atomic E-state index is 13.2. The molecule has 0 bridgehead atoms. The third-order valence-corrected chi connectivity index (χ3v) is 7.56. The Labute approximate surface area is 199 Å². The molecule has 1 fully saturated rings. The number of nitrogens with one attached hydrogen (secondary N) is 1. The topological polar surface area (TPSA) is 96.0 Å². The van der Waals surface area contributed by atoms with Gasteiger partial charge in [0.1, 0.15) is 11.9 Å². The maximum Gasteiger partial charge on any atom is 0.328 e. The summed E-state index contributed by atoms with van der Waals surface area (Å²) in [7, 11) is -2.57. The molecule has 34 heavy (non-hydrogen) atoms. The average Bonchev–Trinajstić information content (AvgIpc) is 2.83. The molecule has 2 aromatic carbocycles. The standard InChI is InChI=1S/C24H30FN3O5S/c1-17(2)15-22(24(30)33-3)26-23(29)18-5-4-6-21(16-18)34(31,32)28-13-11-27(12-14-28)20-9-7-19(25)8-10-20/h4-10,16-17,22H,11-15H2,1-3H3,(H,26,29). The fourth-order valence-corrected chi connectivity index (χ4v) is 5.32. The molecule has 3 rings (SSSR count). The van der Waals surface area contributed by atoms with Gasteiger partial charge in [-0.1, -0.05) is 19.9 Å². The minimum absolute atomic E-state index is 0.00820. The number of hydrogen-bond donors (Lipinski definition) is 1. The number of piperazine rings is 1. The van der Waals surface area contributed by atoms with E-state index in [1.54, 1.807) is 12.1 Å². The summed E-state index contributed by atoms with van der Waals surface area (Å²) in [5.74, 6) is -1.28. The van der Waals surface area contributed by atoms with Crippen LogP contribution in [0.5, 0.6) is 0 Å². The number of rotatable bonds is 8. The number of methoxy groups -OCH3 is 1. The van der Waals surface area contributed by atoms with Crippen LogP contribution < -0.4 is 10.2 Å². The molecule has 1 atom stereocenters. The first-order valence-corrected chi connectivity index (χ1v) is 12.5. The van der Waals surface area contributed by atoms with E-state index in [0.29, 0.717) is 19.5 Å². The first-order valence-electron chi connectivity index (χ1n) is 11.1. The van der Waals surface area contributed by atoms with Crippen LogP contribution in [0.4, 0.5) is 10.1 Å². The predicted octanol–water partition coefficient (Wildman–Crippen LogP) is 2.65. The fourth-order valence-electron chi connectivity index (χ4n) is 3.85. The van der Waals surface area contributed by atoms with Gasteiger partial charge in [-0.3, -0.25) is 4.79 Å². The van der Waals surface area contributed by atoms with Gasteiger partial charge in [0.25, 0.3) is 5.91 Å². The van der Waals surface area contributed by atoms with Gasteiger partial charge in [0.15, 0.2) is 0 Å². The lowest BCUT2D eigenvalue weighted by Crippen LogP contribution is -2.48. The fraction of sp³-hybridized carbons (Fsp3) is 0.417. The minimum atomic E-state index is -3.82. The number of hydrogen-bond acceptors (Lipinski definition) is 6. The number of esters is 1. The summed E-state index contributed by atoms with van der Waals surface area (Å²) in [6, 6.07) is 11.0. The highest BCUT2D eigenvalue weighted by atomic mass is 32.2. The van der Waals surface area contributed by atoms with E-state index in [-0.39, 0.29) is 35.3 Å². The normalized spacial score (nSPS) is 15.7. The van der Waals surface area contributed by atoms with E-state index in [9.17, 15) is 22.4 Å². The number of ether oxygens (including phenoxy) is 1. The number of halogens is 1. The zero-order valence-electron chi connectivity index (χ0n) is 19.5. The Morgan fingerprint density at radius 3 is 2.29 bits per heavy atom. The molecule has 184 valence electrons. The number of anilines is 1. The van der Waals surface area contributed by atoms with Crippen LogP contribution in [0.15, 0.2) is 53.4 Å². The Kier molecular flexibility index (Phi) is 8.27. The zero-order valence-corrected chi connectivity index (χ0v) is 20.3. The first kappa shape index (κ1) is 25.6. The van der Waals surface area contributed by atoms with E-state index in [4.69, 9.17) is 4.74 Å². The zero-order chi connectivity index (χ0) is 24.9. The van der Waals surface area contributed by atoms with Crippen LogP contribution in [-0.2, 0) is 19.6 Å². The molecule has 0 aliphatic carbocycles. The largest absolute Gasteiger partial charge is 0.467 e. The molecular weight excluding hydrogens is 461 g/mol. The third kappa shape index (κ3) is 6.12. The molecule has 1 N–H and O–H groups in total. The Balaban J connectivity index is 1.71. The molecule has 0 aromatic heterocycles. The summed E-state index contributed by atoms with van der Waals surface area (Å²) in [4.78, 5) is 26.8. The van der Waals surface area contributed by atoms with Gasteiger partial charge in [-0.2, -0.15) is 4.31 Å². The van der Waals surface area contributed by atoms with Gasteiger partial charge < -0.3 is 15.0 Å². The van der Waals surface area contributed by atoms with E-state index in [0.717, 1.165) is 5.69 Å². The third-order valence-electron chi connectivity index (χ3n) is 5.66. The molecule has 1 aliphatic rings. The summed E-state index contributed by atoms with van der Waals surface area (Å²) in [5, 5.41) is 2.65. The van der Waals surface area contributed by atoms with Crippen LogP contribution in [0.2, 0.25) is 0 Å². The second-order valence-corrected chi connectivity index (χ2v) is 10.5. The predicted molar refractivity (Wildman–Crippen MR) is 127 cm³/mol. The lowest BCUT2D eigenvalue weighted by molar-refractivity contribution is -0.143. The number of carbonyl (C=O) groups excluding carboxylic acids is 2. The van der Waals surface area contributed by atoms with Crippen LogP contribution >= 0.6 is 0 Å². The smallest absolute Gasteiger partial charge is 0.328 e. The molecular formula is C24H30FN3O5S. The van der Waals surface area contributed by atoms with Crippen molar-refractivity contribution in [3.05, 3.63) is 59.9 Å². The second kappa shape index (κ2) is 11.0. The number of amides is 1. The van der Waals surface area contributed by atoms with Gasteiger partial charge in [0, 0.05) is 37.4 Å². The molecule has 8 nitrogen and oxygen atoms in total. The van der Waals surface area contributed by atoms with Gasteiger partial charge in [-0.25, -0.2) is 17.6 Å².